The molecule has 0 bridgehead atoms. The van der Waals surface area contributed by atoms with Gasteiger partial charge in [-0.25, -0.2) is 8.42 Å². The van der Waals surface area contributed by atoms with Gasteiger partial charge in [0.15, 0.2) is 6.61 Å². The Balaban J connectivity index is 1.46. The molecule has 0 atom stereocenters. The molecule has 0 unspecified atom stereocenters. The standard InChI is InChI=1S/C23H30N2O4S/c1-3-25(30(2,27)28)21-9-11-22(12-10-21)29-18-23(26)24-15-13-20(14-16-24)17-19-7-5-4-6-8-19/h4-12,20H,3,13-18H2,1-2H3. The van der Waals surface area contributed by atoms with Crippen molar-refractivity contribution in [1.29, 1.82) is 0 Å². The summed E-state index contributed by atoms with van der Waals surface area (Å²) in [4.78, 5) is 14.4. The van der Waals surface area contributed by atoms with Gasteiger partial charge in [-0.2, -0.15) is 0 Å². The van der Waals surface area contributed by atoms with Gasteiger partial charge in [0.2, 0.25) is 10.0 Å². The summed E-state index contributed by atoms with van der Waals surface area (Å²) >= 11 is 0. The van der Waals surface area contributed by atoms with Crippen molar-refractivity contribution in [3.63, 3.8) is 0 Å². The first kappa shape index (κ1) is 22.2. The zero-order valence-electron chi connectivity index (χ0n) is 17.7. The third-order valence-electron chi connectivity index (χ3n) is 5.51. The fourth-order valence-electron chi connectivity index (χ4n) is 3.89. The van der Waals surface area contributed by atoms with Crippen molar-refractivity contribution in [3.8, 4) is 5.75 Å². The lowest BCUT2D eigenvalue weighted by Crippen LogP contribution is -2.41. The number of rotatable bonds is 8. The fourth-order valence-corrected chi connectivity index (χ4v) is 4.86. The monoisotopic (exact) mass is 430 g/mol. The number of carbonyl (C=O) groups is 1. The number of hydrogen-bond acceptors (Lipinski definition) is 4. The average molecular weight is 431 g/mol. The smallest absolute Gasteiger partial charge is 0.260 e. The summed E-state index contributed by atoms with van der Waals surface area (Å²) in [5, 5.41) is 0. The van der Waals surface area contributed by atoms with Gasteiger partial charge in [0.25, 0.3) is 5.91 Å². The molecule has 162 valence electrons. The average Bonchev–Trinajstić information content (AvgIpc) is 2.74. The maximum Gasteiger partial charge on any atom is 0.260 e. The zero-order valence-corrected chi connectivity index (χ0v) is 18.5. The van der Waals surface area contributed by atoms with Gasteiger partial charge < -0.3 is 9.64 Å². The second-order valence-electron chi connectivity index (χ2n) is 7.72. The summed E-state index contributed by atoms with van der Waals surface area (Å²) in [6.07, 6.45) is 4.26. The highest BCUT2D eigenvalue weighted by atomic mass is 32.2. The second kappa shape index (κ2) is 9.98. The highest BCUT2D eigenvalue weighted by Gasteiger charge is 2.23. The van der Waals surface area contributed by atoms with E-state index < -0.39 is 10.0 Å². The first-order valence-corrected chi connectivity index (χ1v) is 12.2. The zero-order chi connectivity index (χ0) is 21.6. The van der Waals surface area contributed by atoms with Crippen LogP contribution in [0.1, 0.15) is 25.3 Å². The Morgan fingerprint density at radius 2 is 1.70 bits per heavy atom. The number of amides is 1. The summed E-state index contributed by atoms with van der Waals surface area (Å²) in [6, 6.07) is 17.3. The van der Waals surface area contributed by atoms with Crippen LogP contribution in [0.2, 0.25) is 0 Å². The van der Waals surface area contributed by atoms with Crippen LogP contribution >= 0.6 is 0 Å². The Morgan fingerprint density at radius 1 is 1.07 bits per heavy atom. The van der Waals surface area contributed by atoms with Gasteiger partial charge in [-0.05, 0) is 61.9 Å². The van der Waals surface area contributed by atoms with E-state index >= 15 is 0 Å². The summed E-state index contributed by atoms with van der Waals surface area (Å²) in [6.45, 7) is 3.66. The number of likely N-dealkylation sites (tertiary alicyclic amines) is 1. The molecule has 1 aliphatic heterocycles. The molecule has 3 rings (SSSR count). The van der Waals surface area contributed by atoms with Crippen molar-refractivity contribution in [2.24, 2.45) is 5.92 Å². The molecule has 2 aromatic carbocycles. The number of anilines is 1. The van der Waals surface area contributed by atoms with Crippen LogP contribution in [0, 0.1) is 5.92 Å². The third kappa shape index (κ3) is 5.98. The molecule has 6 nitrogen and oxygen atoms in total. The topological polar surface area (TPSA) is 66.9 Å². The summed E-state index contributed by atoms with van der Waals surface area (Å²) in [5.41, 5.74) is 1.94. The lowest BCUT2D eigenvalue weighted by Gasteiger charge is -2.32. The molecule has 30 heavy (non-hydrogen) atoms. The predicted octanol–water partition coefficient (Wildman–Crippen LogP) is 3.33. The van der Waals surface area contributed by atoms with E-state index in [1.54, 1.807) is 31.2 Å². The van der Waals surface area contributed by atoms with Crippen molar-refractivity contribution in [1.82, 2.24) is 4.90 Å². The number of piperidine rings is 1. The first-order valence-electron chi connectivity index (χ1n) is 10.4. The Bertz CT molecular complexity index is 921. The second-order valence-corrected chi connectivity index (χ2v) is 9.63. The van der Waals surface area contributed by atoms with E-state index in [-0.39, 0.29) is 12.5 Å². The molecule has 0 N–H and O–H groups in total. The van der Waals surface area contributed by atoms with Crippen molar-refractivity contribution in [2.75, 3.05) is 36.8 Å². The molecule has 0 spiro atoms. The van der Waals surface area contributed by atoms with Crippen LogP contribution in [0.3, 0.4) is 0 Å². The molecule has 7 heteroatoms. The lowest BCUT2D eigenvalue weighted by molar-refractivity contribution is -0.134. The number of hydrogen-bond donors (Lipinski definition) is 0. The van der Waals surface area contributed by atoms with E-state index in [4.69, 9.17) is 4.74 Å². The van der Waals surface area contributed by atoms with Crippen molar-refractivity contribution >= 4 is 21.6 Å². The minimum atomic E-state index is -3.31. The quantitative estimate of drug-likeness (QED) is 0.644. The normalized spacial score (nSPS) is 15.1. The van der Waals surface area contributed by atoms with E-state index in [2.05, 4.69) is 24.3 Å². The number of sulfonamides is 1. The third-order valence-corrected chi connectivity index (χ3v) is 6.78. The van der Waals surface area contributed by atoms with E-state index in [0.717, 1.165) is 32.4 Å². The van der Waals surface area contributed by atoms with Gasteiger partial charge in [0, 0.05) is 19.6 Å². The Morgan fingerprint density at radius 3 is 2.27 bits per heavy atom. The first-order chi connectivity index (χ1) is 14.4. The molecule has 1 aliphatic rings. The molecule has 0 saturated carbocycles. The van der Waals surface area contributed by atoms with Crippen LogP contribution in [0.15, 0.2) is 54.6 Å². The molecular formula is C23H30N2O4S. The summed E-state index contributed by atoms with van der Waals surface area (Å²) in [5.74, 6) is 1.15. The molecule has 0 aromatic heterocycles. The lowest BCUT2D eigenvalue weighted by atomic mass is 9.90. The Kier molecular flexibility index (Phi) is 7.37. The maximum atomic E-state index is 12.5. The molecule has 1 amide bonds. The number of carbonyl (C=O) groups excluding carboxylic acids is 1. The van der Waals surface area contributed by atoms with Gasteiger partial charge in [0.05, 0.1) is 11.9 Å². The van der Waals surface area contributed by atoms with Crippen LogP contribution < -0.4 is 9.04 Å². The predicted molar refractivity (Wildman–Crippen MR) is 119 cm³/mol. The van der Waals surface area contributed by atoms with Crippen molar-refractivity contribution in [2.45, 2.75) is 26.2 Å². The molecule has 0 radical (unpaired) electrons. The van der Waals surface area contributed by atoms with Crippen LogP contribution in [0.25, 0.3) is 0 Å². The van der Waals surface area contributed by atoms with Gasteiger partial charge in [-0.1, -0.05) is 30.3 Å². The number of nitrogens with zero attached hydrogens (tertiary/aromatic N) is 2. The van der Waals surface area contributed by atoms with Gasteiger partial charge in [-0.3, -0.25) is 9.10 Å². The van der Waals surface area contributed by atoms with Crippen molar-refractivity contribution in [3.05, 3.63) is 60.2 Å². The van der Waals surface area contributed by atoms with Crippen molar-refractivity contribution < 1.29 is 17.9 Å². The van der Waals surface area contributed by atoms with Crippen LogP contribution in [0.4, 0.5) is 5.69 Å². The van der Waals surface area contributed by atoms with E-state index in [9.17, 15) is 13.2 Å². The van der Waals surface area contributed by atoms with E-state index in [0.29, 0.717) is 23.9 Å². The maximum absolute atomic E-state index is 12.5. The van der Waals surface area contributed by atoms with Crippen LogP contribution in [0.5, 0.6) is 5.75 Å². The van der Waals surface area contributed by atoms with Gasteiger partial charge in [-0.15, -0.1) is 0 Å². The number of ether oxygens (including phenoxy) is 1. The summed E-state index contributed by atoms with van der Waals surface area (Å²) < 4.78 is 30.6. The summed E-state index contributed by atoms with van der Waals surface area (Å²) in [7, 11) is -3.31. The van der Waals surface area contributed by atoms with E-state index in [1.165, 1.54) is 16.1 Å². The highest BCUT2D eigenvalue weighted by Crippen LogP contribution is 2.23. The molecule has 2 aromatic rings. The molecule has 1 saturated heterocycles. The molecular weight excluding hydrogens is 400 g/mol. The number of benzene rings is 2. The Labute approximate surface area is 179 Å². The minimum absolute atomic E-state index is 0.00767. The fraction of sp³-hybridized carbons (Fsp3) is 0.435. The molecule has 0 aliphatic carbocycles. The van der Waals surface area contributed by atoms with Gasteiger partial charge >= 0.3 is 0 Å². The van der Waals surface area contributed by atoms with Crippen LogP contribution in [-0.2, 0) is 21.2 Å². The van der Waals surface area contributed by atoms with E-state index in [1.807, 2.05) is 11.0 Å². The largest absolute Gasteiger partial charge is 0.484 e. The molecule has 1 heterocycles. The van der Waals surface area contributed by atoms with Gasteiger partial charge in [0.1, 0.15) is 5.75 Å². The molecule has 1 fully saturated rings. The highest BCUT2D eigenvalue weighted by molar-refractivity contribution is 7.92. The SMILES string of the molecule is CCN(c1ccc(OCC(=O)N2CCC(Cc3ccccc3)CC2)cc1)S(C)(=O)=O. The minimum Gasteiger partial charge on any atom is -0.484 e. The van der Waals surface area contributed by atoms with Crippen LogP contribution in [-0.4, -0.2) is 51.7 Å². The Hall–Kier alpha value is -2.54.